The van der Waals surface area contributed by atoms with Crippen LogP contribution in [0, 0.1) is 29.1 Å². The Morgan fingerprint density at radius 1 is 0.864 bits per heavy atom. The minimum absolute atomic E-state index is 0.339. The predicted octanol–water partition coefficient (Wildman–Crippen LogP) is 4.84. The number of nitriles is 1. The van der Waals surface area contributed by atoms with E-state index in [0.29, 0.717) is 11.8 Å². The second-order valence-corrected chi connectivity index (χ2v) is 7.16. The molecule has 0 spiro atoms. The molecule has 0 aromatic heterocycles. The molecule has 22 heavy (non-hydrogen) atoms. The topological polar surface area (TPSA) is 40.9 Å². The van der Waals surface area contributed by atoms with Crippen LogP contribution in [-0.4, -0.2) is 6.29 Å². The molecule has 0 radical (unpaired) electrons. The normalized spacial score (nSPS) is 32.1. The van der Waals surface area contributed by atoms with Gasteiger partial charge in [0.15, 0.2) is 0 Å². The van der Waals surface area contributed by atoms with Crippen molar-refractivity contribution in [1.82, 2.24) is 0 Å². The number of hydrogen-bond donors (Lipinski definition) is 0. The van der Waals surface area contributed by atoms with Gasteiger partial charge in [-0.15, -0.1) is 0 Å². The van der Waals surface area contributed by atoms with Gasteiger partial charge in [-0.25, -0.2) is 0 Å². The van der Waals surface area contributed by atoms with Crippen LogP contribution in [0.15, 0.2) is 24.3 Å². The Kier molecular flexibility index (Phi) is 4.93. The largest absolute Gasteiger partial charge is 0.303 e. The zero-order chi connectivity index (χ0) is 15.4. The van der Waals surface area contributed by atoms with Crippen molar-refractivity contribution in [3.63, 3.8) is 0 Å². The molecule has 3 rings (SSSR count). The van der Waals surface area contributed by atoms with Gasteiger partial charge >= 0.3 is 0 Å². The van der Waals surface area contributed by atoms with Gasteiger partial charge in [-0.1, -0.05) is 12.1 Å². The fourth-order valence-corrected chi connectivity index (χ4v) is 4.51. The number of nitrogens with zero attached hydrogens (tertiary/aromatic N) is 1. The molecule has 0 atom stereocenters. The van der Waals surface area contributed by atoms with Crippen molar-refractivity contribution in [3.05, 3.63) is 35.4 Å². The third-order valence-corrected chi connectivity index (χ3v) is 5.96. The Morgan fingerprint density at radius 3 is 1.91 bits per heavy atom. The van der Waals surface area contributed by atoms with Crippen molar-refractivity contribution in [3.8, 4) is 6.07 Å². The second kappa shape index (κ2) is 7.09. The first-order chi connectivity index (χ1) is 10.8. The quantitative estimate of drug-likeness (QED) is 0.749. The van der Waals surface area contributed by atoms with Crippen molar-refractivity contribution in [2.75, 3.05) is 0 Å². The number of hydrogen-bond acceptors (Lipinski definition) is 2. The second-order valence-electron chi connectivity index (χ2n) is 7.16. The SMILES string of the molecule is N#Cc1ccc(C2CCC([C@H]3CC[C@H](C=O)CC3)CC2)cc1. The van der Waals surface area contributed by atoms with Gasteiger partial charge in [-0.3, -0.25) is 0 Å². The lowest BCUT2D eigenvalue weighted by molar-refractivity contribution is -0.112. The van der Waals surface area contributed by atoms with Crippen LogP contribution in [0.4, 0.5) is 0 Å². The van der Waals surface area contributed by atoms with Crippen molar-refractivity contribution < 1.29 is 4.79 Å². The summed E-state index contributed by atoms with van der Waals surface area (Å²) in [6.07, 6.45) is 11.1. The zero-order valence-electron chi connectivity index (χ0n) is 13.2. The van der Waals surface area contributed by atoms with E-state index in [1.54, 1.807) is 0 Å². The monoisotopic (exact) mass is 295 g/mol. The van der Waals surface area contributed by atoms with E-state index in [1.165, 1.54) is 44.1 Å². The Labute approximate surface area is 133 Å². The van der Waals surface area contributed by atoms with Crippen LogP contribution in [0.25, 0.3) is 0 Å². The maximum atomic E-state index is 10.9. The van der Waals surface area contributed by atoms with E-state index in [0.717, 1.165) is 36.5 Å². The summed E-state index contributed by atoms with van der Waals surface area (Å²) in [4.78, 5) is 10.9. The van der Waals surface area contributed by atoms with Crippen molar-refractivity contribution >= 4 is 6.29 Å². The third-order valence-electron chi connectivity index (χ3n) is 5.96. The molecule has 116 valence electrons. The van der Waals surface area contributed by atoms with Gasteiger partial charge in [0, 0.05) is 5.92 Å². The highest BCUT2D eigenvalue weighted by molar-refractivity contribution is 5.53. The molecule has 2 aliphatic rings. The Balaban J connectivity index is 1.52. The van der Waals surface area contributed by atoms with E-state index in [1.807, 2.05) is 12.1 Å². The molecule has 0 unspecified atom stereocenters. The molecule has 2 fully saturated rings. The third kappa shape index (κ3) is 3.40. The fraction of sp³-hybridized carbons (Fsp3) is 0.600. The lowest BCUT2D eigenvalue weighted by Crippen LogP contribution is -2.25. The summed E-state index contributed by atoms with van der Waals surface area (Å²) in [5.41, 5.74) is 2.16. The van der Waals surface area contributed by atoms with Crippen LogP contribution in [0.2, 0.25) is 0 Å². The number of benzene rings is 1. The first-order valence-electron chi connectivity index (χ1n) is 8.75. The van der Waals surface area contributed by atoms with Gasteiger partial charge in [-0.05, 0) is 86.8 Å². The number of rotatable bonds is 3. The molecule has 0 heterocycles. The summed E-state index contributed by atoms with van der Waals surface area (Å²) in [6, 6.07) is 10.4. The number of aldehydes is 1. The van der Waals surface area contributed by atoms with E-state index in [2.05, 4.69) is 18.2 Å². The predicted molar refractivity (Wildman–Crippen MR) is 87.4 cm³/mol. The maximum Gasteiger partial charge on any atom is 0.123 e. The maximum absolute atomic E-state index is 10.9. The molecule has 2 aliphatic carbocycles. The van der Waals surface area contributed by atoms with Crippen LogP contribution in [0.5, 0.6) is 0 Å². The molecule has 0 aliphatic heterocycles. The Bertz CT molecular complexity index is 526. The summed E-state index contributed by atoms with van der Waals surface area (Å²) < 4.78 is 0. The lowest BCUT2D eigenvalue weighted by Gasteiger charge is -2.37. The van der Waals surface area contributed by atoms with Gasteiger partial charge in [0.05, 0.1) is 11.6 Å². The molecule has 0 bridgehead atoms. The number of carbonyl (C=O) groups excluding carboxylic acids is 1. The molecule has 2 heteroatoms. The van der Waals surface area contributed by atoms with Crippen LogP contribution in [-0.2, 0) is 4.79 Å². The number of carbonyl (C=O) groups is 1. The highest BCUT2D eigenvalue weighted by atomic mass is 16.1. The summed E-state index contributed by atoms with van der Waals surface area (Å²) >= 11 is 0. The van der Waals surface area contributed by atoms with E-state index in [-0.39, 0.29) is 0 Å². The molecule has 1 aromatic carbocycles. The molecular formula is C20H25NO. The Morgan fingerprint density at radius 2 is 1.41 bits per heavy atom. The zero-order valence-corrected chi connectivity index (χ0v) is 13.2. The standard InChI is InChI=1S/C20H25NO/c21-13-15-1-5-17(6-2-15)19-9-11-20(12-10-19)18-7-3-16(14-22)4-8-18/h1-2,5-6,14,16,18-20H,3-4,7-12H2/t16-,18-,19?,20?. The molecule has 0 saturated heterocycles. The van der Waals surface area contributed by atoms with E-state index in [9.17, 15) is 4.79 Å². The first kappa shape index (κ1) is 15.3. The van der Waals surface area contributed by atoms with Gasteiger partial charge in [0.2, 0.25) is 0 Å². The van der Waals surface area contributed by atoms with Crippen LogP contribution in [0.1, 0.15) is 68.4 Å². The molecule has 1 aromatic rings. The van der Waals surface area contributed by atoms with E-state index < -0.39 is 0 Å². The molecule has 0 amide bonds. The highest BCUT2D eigenvalue weighted by Crippen LogP contribution is 2.43. The summed E-state index contributed by atoms with van der Waals surface area (Å²) in [5, 5.41) is 8.88. The molecular weight excluding hydrogens is 270 g/mol. The lowest BCUT2D eigenvalue weighted by atomic mass is 9.68. The van der Waals surface area contributed by atoms with Gasteiger partial charge in [0.25, 0.3) is 0 Å². The average Bonchev–Trinajstić information content (AvgIpc) is 2.62. The molecule has 0 N–H and O–H groups in total. The smallest absolute Gasteiger partial charge is 0.123 e. The van der Waals surface area contributed by atoms with Crippen molar-refractivity contribution in [2.24, 2.45) is 17.8 Å². The molecule has 2 nitrogen and oxygen atoms in total. The average molecular weight is 295 g/mol. The van der Waals surface area contributed by atoms with Gasteiger partial charge < -0.3 is 4.79 Å². The van der Waals surface area contributed by atoms with Crippen molar-refractivity contribution in [1.29, 1.82) is 5.26 Å². The summed E-state index contributed by atoms with van der Waals surface area (Å²) in [6.45, 7) is 0. The van der Waals surface area contributed by atoms with Crippen LogP contribution < -0.4 is 0 Å². The minimum Gasteiger partial charge on any atom is -0.303 e. The first-order valence-corrected chi connectivity index (χ1v) is 8.75. The van der Waals surface area contributed by atoms with Crippen LogP contribution in [0.3, 0.4) is 0 Å². The minimum atomic E-state index is 0.339. The Hall–Kier alpha value is -1.62. The van der Waals surface area contributed by atoms with Gasteiger partial charge in [0.1, 0.15) is 6.29 Å². The summed E-state index contributed by atoms with van der Waals surface area (Å²) in [5.74, 6) is 2.75. The van der Waals surface area contributed by atoms with Crippen molar-refractivity contribution in [2.45, 2.75) is 57.3 Å². The van der Waals surface area contributed by atoms with E-state index in [4.69, 9.17) is 5.26 Å². The highest BCUT2D eigenvalue weighted by Gasteiger charge is 2.31. The fourth-order valence-electron chi connectivity index (χ4n) is 4.51. The van der Waals surface area contributed by atoms with E-state index >= 15 is 0 Å². The van der Waals surface area contributed by atoms with Gasteiger partial charge in [-0.2, -0.15) is 5.26 Å². The summed E-state index contributed by atoms with van der Waals surface area (Å²) in [7, 11) is 0. The van der Waals surface area contributed by atoms with Crippen LogP contribution >= 0.6 is 0 Å². The molecule has 2 saturated carbocycles.